The molecule has 25 heavy (non-hydrogen) atoms. The molecule has 1 N–H and O–H groups in total. The van der Waals surface area contributed by atoms with Gasteiger partial charge in [-0.05, 0) is 45.2 Å². The lowest BCUT2D eigenvalue weighted by Gasteiger charge is -2.28. The molecule has 0 aliphatic carbocycles. The maximum Gasteiger partial charge on any atom is 0.0606 e. The lowest BCUT2D eigenvalue weighted by molar-refractivity contribution is 0.570. The van der Waals surface area contributed by atoms with Crippen LogP contribution in [-0.4, -0.2) is 37.7 Å². The van der Waals surface area contributed by atoms with Gasteiger partial charge in [0.05, 0.1) is 24.6 Å². The van der Waals surface area contributed by atoms with Crippen LogP contribution in [0.1, 0.15) is 111 Å². The summed E-state index contributed by atoms with van der Waals surface area (Å²) in [4.78, 5) is 0. The molecule has 0 spiro atoms. The van der Waals surface area contributed by atoms with E-state index in [-0.39, 0.29) is 0 Å². The molecule has 0 aromatic carbocycles. The molecule has 2 heteroatoms. The Morgan fingerprint density at radius 2 is 0.840 bits per heavy atom. The molecule has 0 bridgehead atoms. The monoisotopic (exact) mass is 372 g/mol. The number of unbranched alkanes of at least 4 members (excludes halogenated alkanes) is 8. The summed E-state index contributed by atoms with van der Waals surface area (Å²) >= 11 is 0. The van der Waals surface area contributed by atoms with Gasteiger partial charge < -0.3 is 5.32 Å². The summed E-state index contributed by atoms with van der Waals surface area (Å²) in [7, 11) is -0.660. The summed E-state index contributed by atoms with van der Waals surface area (Å²) in [5.41, 5.74) is 0. The molecule has 0 amide bonds. The van der Waals surface area contributed by atoms with Crippen LogP contribution in [0.5, 0.6) is 0 Å². The highest BCUT2D eigenvalue weighted by Crippen LogP contribution is 2.61. The molecule has 0 saturated heterocycles. The predicted molar refractivity (Wildman–Crippen MR) is 122 cm³/mol. The second-order valence-electron chi connectivity index (χ2n) is 8.17. The first-order valence-corrected chi connectivity index (χ1v) is 14.3. The van der Waals surface area contributed by atoms with Gasteiger partial charge in [-0.15, -0.1) is 0 Å². The Bertz CT molecular complexity index is 233. The molecule has 0 aromatic rings. The molecule has 0 aliphatic rings. The van der Waals surface area contributed by atoms with Crippen LogP contribution in [0.2, 0.25) is 0 Å². The largest absolute Gasteiger partial charge is 0.317 e. The standard InChI is InChI=1S/C23H51NP/c1-5-9-13-14-15-16-18-24-19-17-23-25(20-10-6-2,21-11-7-3)22-12-8-4/h24H,5-23H2,1-4H3/q+1. The highest BCUT2D eigenvalue weighted by atomic mass is 31.2. The molecule has 0 heterocycles. The maximum atomic E-state index is 3.73. The molecule has 1 nitrogen and oxygen atoms in total. The molecule has 0 unspecified atom stereocenters. The van der Waals surface area contributed by atoms with Gasteiger partial charge >= 0.3 is 0 Å². The van der Waals surface area contributed by atoms with Gasteiger partial charge in [-0.25, -0.2) is 0 Å². The van der Waals surface area contributed by atoms with Crippen molar-refractivity contribution in [2.24, 2.45) is 0 Å². The normalized spacial score (nSPS) is 12.0. The fraction of sp³-hybridized carbons (Fsp3) is 1.00. The van der Waals surface area contributed by atoms with Crippen molar-refractivity contribution in [3.8, 4) is 0 Å². The molecule has 0 saturated carbocycles. The molecular formula is C23H51NP+. The van der Waals surface area contributed by atoms with Crippen LogP contribution < -0.4 is 5.32 Å². The molecular weight excluding hydrogens is 321 g/mol. The first-order valence-electron chi connectivity index (χ1n) is 11.8. The summed E-state index contributed by atoms with van der Waals surface area (Å²) < 4.78 is 0. The molecule has 0 fully saturated rings. The molecule has 0 radical (unpaired) electrons. The van der Waals surface area contributed by atoms with Crippen molar-refractivity contribution in [2.45, 2.75) is 111 Å². The summed E-state index contributed by atoms with van der Waals surface area (Å²) in [6, 6.07) is 0. The summed E-state index contributed by atoms with van der Waals surface area (Å²) in [6.07, 6.45) is 24.8. The Balaban J connectivity index is 4.01. The van der Waals surface area contributed by atoms with E-state index in [0.717, 1.165) is 0 Å². The molecule has 0 atom stereocenters. The Labute approximate surface area is 161 Å². The zero-order valence-corrected chi connectivity index (χ0v) is 19.3. The van der Waals surface area contributed by atoms with Crippen LogP contribution in [0.3, 0.4) is 0 Å². The van der Waals surface area contributed by atoms with Gasteiger partial charge in [-0.3, -0.25) is 0 Å². The van der Waals surface area contributed by atoms with E-state index in [9.17, 15) is 0 Å². The molecule has 152 valence electrons. The summed E-state index contributed by atoms with van der Waals surface area (Å²) in [5.74, 6) is 0. The fourth-order valence-corrected chi connectivity index (χ4v) is 8.98. The quantitative estimate of drug-likeness (QED) is 0.170. The predicted octanol–water partition coefficient (Wildman–Crippen LogP) is 7.74. The van der Waals surface area contributed by atoms with E-state index < -0.39 is 7.26 Å². The van der Waals surface area contributed by atoms with Crippen molar-refractivity contribution >= 4 is 7.26 Å². The number of nitrogens with one attached hydrogen (secondary N) is 1. The average molecular weight is 373 g/mol. The number of rotatable bonds is 20. The third-order valence-corrected chi connectivity index (χ3v) is 10.7. The lowest BCUT2D eigenvalue weighted by Crippen LogP contribution is -2.20. The minimum Gasteiger partial charge on any atom is -0.317 e. The van der Waals surface area contributed by atoms with Gasteiger partial charge in [-0.1, -0.05) is 79.1 Å². The summed E-state index contributed by atoms with van der Waals surface area (Å²) in [6.45, 7) is 11.9. The van der Waals surface area contributed by atoms with E-state index in [0.29, 0.717) is 0 Å². The van der Waals surface area contributed by atoms with Crippen LogP contribution >= 0.6 is 7.26 Å². The Morgan fingerprint density at radius 1 is 0.440 bits per heavy atom. The van der Waals surface area contributed by atoms with Crippen molar-refractivity contribution in [1.82, 2.24) is 5.32 Å². The zero-order valence-electron chi connectivity index (χ0n) is 18.4. The zero-order chi connectivity index (χ0) is 18.6. The number of hydrogen-bond donors (Lipinski definition) is 1. The topological polar surface area (TPSA) is 12.0 Å². The first-order chi connectivity index (χ1) is 12.2. The Hall–Kier alpha value is 0.390. The van der Waals surface area contributed by atoms with Crippen LogP contribution in [0.15, 0.2) is 0 Å². The van der Waals surface area contributed by atoms with Crippen molar-refractivity contribution < 1.29 is 0 Å². The van der Waals surface area contributed by atoms with E-state index in [1.807, 2.05) is 0 Å². The highest BCUT2D eigenvalue weighted by Gasteiger charge is 2.34. The maximum absolute atomic E-state index is 3.73. The Morgan fingerprint density at radius 3 is 1.36 bits per heavy atom. The van der Waals surface area contributed by atoms with Crippen LogP contribution in [0.4, 0.5) is 0 Å². The minimum absolute atomic E-state index is 0.660. The third-order valence-electron chi connectivity index (χ3n) is 5.65. The molecule has 0 rings (SSSR count). The van der Waals surface area contributed by atoms with E-state index in [2.05, 4.69) is 33.0 Å². The fourth-order valence-electron chi connectivity index (χ4n) is 3.85. The van der Waals surface area contributed by atoms with Crippen molar-refractivity contribution in [2.75, 3.05) is 37.7 Å². The Kier molecular flexibility index (Phi) is 19.5. The van der Waals surface area contributed by atoms with E-state index >= 15 is 0 Å². The third kappa shape index (κ3) is 15.2. The molecule has 0 aliphatic heterocycles. The summed E-state index contributed by atoms with van der Waals surface area (Å²) in [5, 5.41) is 3.73. The lowest BCUT2D eigenvalue weighted by atomic mass is 10.1. The van der Waals surface area contributed by atoms with Crippen molar-refractivity contribution in [3.63, 3.8) is 0 Å². The van der Waals surface area contributed by atoms with Crippen LogP contribution in [-0.2, 0) is 0 Å². The van der Waals surface area contributed by atoms with Crippen LogP contribution in [0.25, 0.3) is 0 Å². The van der Waals surface area contributed by atoms with Gasteiger partial charge in [0.1, 0.15) is 0 Å². The van der Waals surface area contributed by atoms with E-state index in [4.69, 9.17) is 0 Å². The number of hydrogen-bond acceptors (Lipinski definition) is 1. The second-order valence-corrected chi connectivity index (χ2v) is 12.6. The van der Waals surface area contributed by atoms with Crippen molar-refractivity contribution in [1.29, 1.82) is 0 Å². The van der Waals surface area contributed by atoms with E-state index in [1.165, 1.54) is 96.6 Å². The highest BCUT2D eigenvalue weighted by molar-refractivity contribution is 7.75. The van der Waals surface area contributed by atoms with Crippen LogP contribution in [0, 0.1) is 0 Å². The van der Waals surface area contributed by atoms with Gasteiger partial charge in [0.2, 0.25) is 0 Å². The van der Waals surface area contributed by atoms with E-state index in [1.54, 1.807) is 24.6 Å². The average Bonchev–Trinajstić information content (AvgIpc) is 2.64. The minimum atomic E-state index is -0.660. The molecule has 0 aromatic heterocycles. The second kappa shape index (κ2) is 19.2. The van der Waals surface area contributed by atoms with Crippen molar-refractivity contribution in [3.05, 3.63) is 0 Å². The van der Waals surface area contributed by atoms with Gasteiger partial charge in [-0.2, -0.15) is 0 Å². The van der Waals surface area contributed by atoms with Gasteiger partial charge in [0.15, 0.2) is 0 Å². The smallest absolute Gasteiger partial charge is 0.0606 e. The SMILES string of the molecule is CCCCCCCCNCCC[P+](CCCC)(CCCC)CCCC. The first kappa shape index (κ1) is 25.4. The van der Waals surface area contributed by atoms with Gasteiger partial charge in [0.25, 0.3) is 0 Å². The van der Waals surface area contributed by atoms with Gasteiger partial charge in [0, 0.05) is 7.26 Å².